The van der Waals surface area contributed by atoms with Gasteiger partial charge in [0.1, 0.15) is 0 Å². The highest BCUT2D eigenvalue weighted by Crippen LogP contribution is 2.30. The van der Waals surface area contributed by atoms with Crippen LogP contribution in [0.15, 0.2) is 51.5 Å². The maximum atomic E-state index is 12.9. The maximum Gasteiger partial charge on any atom is 0.337 e. The van der Waals surface area contributed by atoms with Crippen LogP contribution in [0.25, 0.3) is 6.08 Å². The van der Waals surface area contributed by atoms with Crippen molar-refractivity contribution in [2.45, 2.75) is 6.92 Å². The minimum atomic E-state index is -1.17. The minimum Gasteiger partial charge on any atom is -0.478 e. The summed E-state index contributed by atoms with van der Waals surface area (Å²) >= 11 is 9.45. The number of carboxylic acids is 1. The monoisotopic (exact) mass is 461 g/mol. The molecule has 6 nitrogen and oxygen atoms in total. The van der Waals surface area contributed by atoms with Crippen LogP contribution in [0, 0.1) is 0 Å². The molecule has 1 amide bonds. The smallest absolute Gasteiger partial charge is 0.337 e. The van der Waals surface area contributed by atoms with Crippen molar-refractivity contribution in [3.8, 4) is 0 Å². The second-order valence-corrected chi connectivity index (χ2v) is 7.70. The van der Waals surface area contributed by atoms with Crippen LogP contribution in [-0.2, 0) is 4.79 Å². The number of hydrazone groups is 1. The first kappa shape index (κ1) is 20.1. The fourth-order valence-electron chi connectivity index (χ4n) is 2.81. The lowest BCUT2D eigenvalue weighted by Gasteiger charge is -2.15. The molecule has 1 N–H and O–H groups in total. The fraction of sp³-hybridized carbons (Fsp3) is 0.150. The zero-order valence-electron chi connectivity index (χ0n) is 15.4. The quantitative estimate of drug-likeness (QED) is 0.670. The van der Waals surface area contributed by atoms with E-state index in [1.165, 1.54) is 17.1 Å². The van der Waals surface area contributed by atoms with Gasteiger partial charge in [-0.25, -0.2) is 4.79 Å². The summed E-state index contributed by atoms with van der Waals surface area (Å²) in [4.78, 5) is 26.2. The molecule has 0 aliphatic carbocycles. The number of benzene rings is 2. The van der Waals surface area contributed by atoms with Gasteiger partial charge in [-0.2, -0.15) is 10.1 Å². The van der Waals surface area contributed by atoms with Gasteiger partial charge >= 0.3 is 5.97 Å². The summed E-state index contributed by atoms with van der Waals surface area (Å²) in [5.74, 6) is -1.50. The Balaban J connectivity index is 1.95. The largest absolute Gasteiger partial charge is 0.478 e. The van der Waals surface area contributed by atoms with E-state index >= 15 is 0 Å². The summed E-state index contributed by atoms with van der Waals surface area (Å²) < 4.78 is 0.910. The number of carbonyl (C=O) groups is 2. The number of anilines is 2. The predicted molar refractivity (Wildman–Crippen MR) is 115 cm³/mol. The number of rotatable bonds is 4. The van der Waals surface area contributed by atoms with Crippen molar-refractivity contribution in [1.29, 1.82) is 0 Å². The zero-order valence-corrected chi connectivity index (χ0v) is 17.7. The van der Waals surface area contributed by atoms with E-state index in [2.05, 4.69) is 21.0 Å². The molecule has 8 heteroatoms. The highest BCUT2D eigenvalue weighted by molar-refractivity contribution is 9.10. The number of nitrogens with zero attached hydrogens (tertiary/aromatic N) is 3. The topological polar surface area (TPSA) is 73.2 Å². The number of carboxylic acid groups (broad SMARTS) is 1. The lowest BCUT2D eigenvalue weighted by atomic mass is 10.1. The van der Waals surface area contributed by atoms with Crippen LogP contribution in [0.2, 0.25) is 5.02 Å². The van der Waals surface area contributed by atoms with Gasteiger partial charge in [0, 0.05) is 18.6 Å². The Hall–Kier alpha value is -2.64. The summed E-state index contributed by atoms with van der Waals surface area (Å²) in [6.45, 7) is 1.74. The first-order valence-electron chi connectivity index (χ1n) is 8.30. The van der Waals surface area contributed by atoms with E-state index in [4.69, 9.17) is 11.6 Å². The average molecular weight is 463 g/mol. The maximum absolute atomic E-state index is 12.9. The Morgan fingerprint density at radius 2 is 1.96 bits per heavy atom. The second kappa shape index (κ2) is 7.77. The Bertz CT molecular complexity index is 1050. The lowest BCUT2D eigenvalue weighted by Crippen LogP contribution is -2.21. The summed E-state index contributed by atoms with van der Waals surface area (Å²) in [5.41, 5.74) is 3.12. The van der Waals surface area contributed by atoms with Crippen LogP contribution in [-0.4, -0.2) is 36.8 Å². The lowest BCUT2D eigenvalue weighted by molar-refractivity contribution is -0.114. The first-order chi connectivity index (χ1) is 13.2. The number of aromatic carboxylic acids is 1. The molecule has 0 spiro atoms. The second-order valence-electron chi connectivity index (χ2n) is 6.43. The molecule has 0 atom stereocenters. The Morgan fingerprint density at radius 3 is 2.57 bits per heavy atom. The van der Waals surface area contributed by atoms with E-state index in [1.807, 2.05) is 37.2 Å². The third-order valence-corrected chi connectivity index (χ3v) is 5.22. The molecular formula is C20H17BrClN3O3. The molecule has 1 aliphatic rings. The molecule has 0 bridgehead atoms. The standard InChI is InChI=1S/C20H17BrClN3O3/c1-11-14(8-12-4-7-18(24(2)3)16(21)9-12)19(26)25(23-11)13-5-6-17(22)15(10-13)20(27)28/h4-10H,1-3H3,(H,27,28)/b14-8-. The first-order valence-corrected chi connectivity index (χ1v) is 9.47. The molecule has 0 saturated carbocycles. The van der Waals surface area contributed by atoms with Crippen molar-refractivity contribution in [1.82, 2.24) is 0 Å². The van der Waals surface area contributed by atoms with Gasteiger partial charge in [-0.1, -0.05) is 17.7 Å². The van der Waals surface area contributed by atoms with Crippen molar-refractivity contribution in [3.63, 3.8) is 0 Å². The van der Waals surface area contributed by atoms with E-state index < -0.39 is 5.97 Å². The van der Waals surface area contributed by atoms with Gasteiger partial charge in [0.2, 0.25) is 0 Å². The van der Waals surface area contributed by atoms with Crippen molar-refractivity contribution in [2.75, 3.05) is 24.0 Å². The molecule has 144 valence electrons. The Morgan fingerprint density at radius 1 is 1.25 bits per heavy atom. The summed E-state index contributed by atoms with van der Waals surface area (Å²) in [6, 6.07) is 10.1. The Labute approximate surface area is 175 Å². The molecule has 0 radical (unpaired) electrons. The summed E-state index contributed by atoms with van der Waals surface area (Å²) in [7, 11) is 3.90. The van der Waals surface area contributed by atoms with Crippen molar-refractivity contribution in [3.05, 3.63) is 62.6 Å². The van der Waals surface area contributed by atoms with E-state index in [0.717, 1.165) is 15.7 Å². The highest BCUT2D eigenvalue weighted by atomic mass is 79.9. The molecule has 2 aromatic rings. The zero-order chi connectivity index (χ0) is 20.6. The highest BCUT2D eigenvalue weighted by Gasteiger charge is 2.29. The van der Waals surface area contributed by atoms with Crippen LogP contribution < -0.4 is 9.91 Å². The van der Waals surface area contributed by atoms with Crippen LogP contribution >= 0.6 is 27.5 Å². The number of hydrogen-bond acceptors (Lipinski definition) is 4. The van der Waals surface area contributed by atoms with Crippen molar-refractivity contribution >= 4 is 62.6 Å². The van der Waals surface area contributed by atoms with Gasteiger partial charge in [-0.15, -0.1) is 0 Å². The van der Waals surface area contributed by atoms with Gasteiger partial charge in [-0.3, -0.25) is 4.79 Å². The van der Waals surface area contributed by atoms with E-state index in [1.54, 1.807) is 19.1 Å². The summed E-state index contributed by atoms with van der Waals surface area (Å²) in [5, 5.41) is 14.8. The van der Waals surface area contributed by atoms with Crippen LogP contribution in [0.3, 0.4) is 0 Å². The van der Waals surface area contributed by atoms with Gasteiger partial charge in [0.05, 0.1) is 33.2 Å². The van der Waals surface area contributed by atoms with E-state index in [9.17, 15) is 14.7 Å². The van der Waals surface area contributed by atoms with Gasteiger partial charge in [0.25, 0.3) is 5.91 Å². The van der Waals surface area contributed by atoms with Crippen LogP contribution in [0.4, 0.5) is 11.4 Å². The van der Waals surface area contributed by atoms with Crippen LogP contribution in [0.1, 0.15) is 22.8 Å². The summed E-state index contributed by atoms with van der Waals surface area (Å²) in [6.07, 6.45) is 1.76. The molecule has 3 rings (SSSR count). The van der Waals surface area contributed by atoms with Gasteiger partial charge in [0.15, 0.2) is 0 Å². The number of halogens is 2. The normalized spacial score (nSPS) is 15.2. The van der Waals surface area contributed by atoms with Gasteiger partial charge < -0.3 is 10.0 Å². The molecule has 0 saturated heterocycles. The van der Waals surface area contributed by atoms with Crippen molar-refractivity contribution in [2.24, 2.45) is 5.10 Å². The molecule has 2 aromatic carbocycles. The number of hydrogen-bond donors (Lipinski definition) is 1. The third-order valence-electron chi connectivity index (χ3n) is 4.25. The van der Waals surface area contributed by atoms with E-state index in [0.29, 0.717) is 17.0 Å². The average Bonchev–Trinajstić information content (AvgIpc) is 2.90. The molecular weight excluding hydrogens is 446 g/mol. The molecule has 1 aliphatic heterocycles. The van der Waals surface area contributed by atoms with Crippen LogP contribution in [0.5, 0.6) is 0 Å². The fourth-order valence-corrected chi connectivity index (χ4v) is 3.76. The predicted octanol–water partition coefficient (Wildman–Crippen LogP) is 4.67. The molecule has 1 heterocycles. The molecule has 28 heavy (non-hydrogen) atoms. The Kier molecular flexibility index (Phi) is 5.58. The van der Waals surface area contributed by atoms with E-state index in [-0.39, 0.29) is 16.5 Å². The molecule has 0 aromatic heterocycles. The number of carbonyl (C=O) groups excluding carboxylic acids is 1. The minimum absolute atomic E-state index is 0.0829. The number of amides is 1. The van der Waals surface area contributed by atoms with Crippen molar-refractivity contribution < 1.29 is 14.7 Å². The third kappa shape index (κ3) is 3.81. The molecule has 0 unspecified atom stereocenters. The van der Waals surface area contributed by atoms with Gasteiger partial charge in [-0.05, 0) is 64.8 Å². The SMILES string of the molecule is CC1=NN(c2ccc(Cl)c(C(=O)O)c2)C(=O)/C1=C\c1ccc(N(C)C)c(Br)c1. The molecule has 0 fully saturated rings.